The first-order valence-corrected chi connectivity index (χ1v) is 4.56. The largest absolute Gasteiger partial charge is 2.00 e. The van der Waals surface area contributed by atoms with Crippen LogP contribution < -0.4 is 16.4 Å². The molecule has 4 N–H and O–H groups in total. The first kappa shape index (κ1) is 27.8. The maximum atomic E-state index is 9.99. The van der Waals surface area contributed by atoms with Crippen LogP contribution in [0.25, 0.3) is 0 Å². The molecule has 2 heterocycles. The molecule has 2 rings (SSSR count). The van der Waals surface area contributed by atoms with E-state index in [-0.39, 0.29) is 47.0 Å². The quantitative estimate of drug-likeness (QED) is 0.626. The molecule has 22 heavy (non-hydrogen) atoms. The van der Waals surface area contributed by atoms with Gasteiger partial charge in [-0.1, -0.05) is 0 Å². The van der Waals surface area contributed by atoms with Crippen molar-refractivity contribution in [2.45, 2.75) is 0 Å². The molecule has 0 atom stereocenters. The van der Waals surface area contributed by atoms with Gasteiger partial charge in [-0.3, -0.25) is 19.9 Å². The first-order valence-electron chi connectivity index (χ1n) is 4.56. The molecule has 2 aromatic rings. The molecular formula is C10H10N5O6V-5. The molecule has 0 amide bonds. The van der Waals surface area contributed by atoms with Gasteiger partial charge in [-0.25, -0.2) is 0 Å². The smallest absolute Gasteiger partial charge is 0.104 e. The zero-order valence-electron chi connectivity index (χ0n) is 11.1. The summed E-state index contributed by atoms with van der Waals surface area (Å²) in [6.45, 7) is 0. The van der Waals surface area contributed by atoms with E-state index in [0.29, 0.717) is 0 Å². The number of hydrogen-bond acceptors (Lipinski definition) is 8. The summed E-state index contributed by atoms with van der Waals surface area (Å²) in [5.74, 6) is -2.61. The van der Waals surface area contributed by atoms with Crippen molar-refractivity contribution in [3.63, 3.8) is 0 Å². The molecule has 0 aliphatic rings. The van der Waals surface area contributed by atoms with Crippen LogP contribution in [0, 0.1) is 0 Å². The summed E-state index contributed by atoms with van der Waals surface area (Å²) in [6, 6.07) is 0. The van der Waals surface area contributed by atoms with E-state index in [4.69, 9.17) is 0 Å². The normalized spacial score (nSPS) is 7.27. The standard InChI is InChI=1S/2C5H4N2O2.H3N.2O.V/c2*8-5(9)4-3-6-1-2-7-4;;;;/h2*1-3H,(H,8,9);1H3;;;/q;;;2*-2;/p-1. The predicted octanol–water partition coefficient (Wildman–Crippen LogP) is -2.18. The minimum absolute atomic E-state index is 0. The number of quaternary nitrogens is 1. The zero-order valence-corrected chi connectivity index (χ0v) is 12.5. The molecular weight excluding hydrogens is 337 g/mol. The number of nitrogens with zero attached hydrogens (tertiary/aromatic N) is 4. The number of aromatic carboxylic acids is 2. The molecule has 0 unspecified atom stereocenters. The van der Waals surface area contributed by atoms with Crippen LogP contribution in [-0.4, -0.2) is 31.9 Å². The van der Waals surface area contributed by atoms with Crippen molar-refractivity contribution in [2.75, 3.05) is 0 Å². The van der Waals surface area contributed by atoms with Gasteiger partial charge in [-0.15, -0.1) is 0 Å². The van der Waals surface area contributed by atoms with E-state index in [9.17, 15) is 19.8 Å². The molecule has 121 valence electrons. The molecule has 0 saturated carbocycles. The Morgan fingerprint density at radius 1 is 0.773 bits per heavy atom. The van der Waals surface area contributed by atoms with Gasteiger partial charge >= 0.3 is 0 Å². The molecule has 1 radical (unpaired) electrons. The molecule has 0 aliphatic carbocycles. The van der Waals surface area contributed by atoms with Gasteiger partial charge < -0.3 is 36.9 Å². The summed E-state index contributed by atoms with van der Waals surface area (Å²) in [4.78, 5) is 33.9. The zero-order chi connectivity index (χ0) is 13.4. The van der Waals surface area contributed by atoms with E-state index in [2.05, 4.69) is 19.9 Å². The van der Waals surface area contributed by atoms with Gasteiger partial charge in [-0.2, -0.15) is 0 Å². The molecule has 0 saturated heterocycles. The summed E-state index contributed by atoms with van der Waals surface area (Å²) in [7, 11) is 0. The Bertz CT molecular complexity index is 480. The van der Waals surface area contributed by atoms with Crippen LogP contribution in [0.15, 0.2) is 37.2 Å². The summed E-state index contributed by atoms with van der Waals surface area (Å²) >= 11 is 0. The predicted molar refractivity (Wildman–Crippen MR) is 60.1 cm³/mol. The fraction of sp³-hybridized carbons (Fsp3) is 0. The number of carbonyl (C=O) groups excluding carboxylic acids is 2. The van der Waals surface area contributed by atoms with Gasteiger partial charge in [0.25, 0.3) is 0 Å². The van der Waals surface area contributed by atoms with Crippen molar-refractivity contribution in [2.24, 2.45) is 0 Å². The Morgan fingerprint density at radius 3 is 1.23 bits per heavy atom. The van der Waals surface area contributed by atoms with Crippen molar-refractivity contribution in [3.8, 4) is 0 Å². The second kappa shape index (κ2) is 15.0. The molecule has 0 fully saturated rings. The van der Waals surface area contributed by atoms with Crippen LogP contribution in [0.4, 0.5) is 0 Å². The minimum atomic E-state index is -1.30. The van der Waals surface area contributed by atoms with Gasteiger partial charge in [0, 0.05) is 43.3 Å². The van der Waals surface area contributed by atoms with Crippen LogP contribution in [0.2, 0.25) is 0 Å². The van der Waals surface area contributed by atoms with Gasteiger partial charge in [0.05, 0.1) is 24.3 Å². The third kappa shape index (κ3) is 10.4. The second-order valence-electron chi connectivity index (χ2n) is 2.76. The summed E-state index contributed by atoms with van der Waals surface area (Å²) < 4.78 is 0. The maximum Gasteiger partial charge on any atom is 0.104 e. The van der Waals surface area contributed by atoms with E-state index in [1.54, 1.807) is 0 Å². The number of carboxylic acids is 2. The third-order valence-corrected chi connectivity index (χ3v) is 1.54. The SMILES string of the molecule is O=C([O-])c1cnccn1.O=C([O-])c1cnccn1.[NH4+].[O-2].[O-2].[V]. The third-order valence-electron chi connectivity index (χ3n) is 1.54. The van der Waals surface area contributed by atoms with Crippen molar-refractivity contribution in [3.05, 3.63) is 48.6 Å². The first-order chi connectivity index (χ1) is 8.61. The van der Waals surface area contributed by atoms with E-state index in [1.165, 1.54) is 24.8 Å². The molecule has 0 bridgehead atoms. The minimum Gasteiger partial charge on any atom is -2.00 e. The van der Waals surface area contributed by atoms with Gasteiger partial charge in [0.15, 0.2) is 0 Å². The van der Waals surface area contributed by atoms with Gasteiger partial charge in [-0.05, 0) is 0 Å². The Morgan fingerprint density at radius 2 is 1.09 bits per heavy atom. The van der Waals surface area contributed by atoms with Crippen LogP contribution in [0.5, 0.6) is 0 Å². The fourth-order valence-corrected chi connectivity index (χ4v) is 0.809. The Labute approximate surface area is 136 Å². The average Bonchev–Trinajstić information content (AvgIpc) is 2.41. The summed E-state index contributed by atoms with van der Waals surface area (Å²) in [5, 5.41) is 20.0. The van der Waals surface area contributed by atoms with E-state index in [0.717, 1.165) is 12.4 Å². The number of carbonyl (C=O) groups is 2. The summed E-state index contributed by atoms with van der Waals surface area (Å²) in [6.07, 6.45) is 7.65. The van der Waals surface area contributed by atoms with Gasteiger partial charge in [0.1, 0.15) is 11.4 Å². The van der Waals surface area contributed by atoms with Crippen LogP contribution in [-0.2, 0) is 29.5 Å². The maximum absolute atomic E-state index is 9.99. The van der Waals surface area contributed by atoms with E-state index in [1.807, 2.05) is 0 Å². The van der Waals surface area contributed by atoms with Crippen LogP contribution in [0.3, 0.4) is 0 Å². The number of aromatic nitrogens is 4. The number of hydrogen-bond donors (Lipinski definition) is 1. The average molecular weight is 347 g/mol. The fourth-order valence-electron chi connectivity index (χ4n) is 0.809. The van der Waals surface area contributed by atoms with Crippen LogP contribution >= 0.6 is 0 Å². The van der Waals surface area contributed by atoms with Crippen molar-refractivity contribution >= 4 is 11.9 Å². The molecule has 0 aliphatic heterocycles. The van der Waals surface area contributed by atoms with Crippen molar-refractivity contribution in [1.29, 1.82) is 0 Å². The second-order valence-corrected chi connectivity index (χ2v) is 2.76. The van der Waals surface area contributed by atoms with E-state index < -0.39 is 11.9 Å². The van der Waals surface area contributed by atoms with Gasteiger partial charge in [0.2, 0.25) is 0 Å². The monoisotopic (exact) mass is 347 g/mol. The Balaban J connectivity index is -0.000000125. The molecule has 11 nitrogen and oxygen atoms in total. The molecule has 2 aromatic heterocycles. The van der Waals surface area contributed by atoms with Crippen molar-refractivity contribution < 1.29 is 49.3 Å². The number of carboxylic acid groups (broad SMARTS) is 2. The molecule has 12 heteroatoms. The Kier molecular flexibility index (Phi) is 18.9. The summed E-state index contributed by atoms with van der Waals surface area (Å²) in [5.41, 5.74) is -0.282. The Hall–Kier alpha value is -2.44. The number of rotatable bonds is 2. The molecule has 0 spiro atoms. The van der Waals surface area contributed by atoms with E-state index >= 15 is 0 Å². The van der Waals surface area contributed by atoms with Crippen molar-refractivity contribution in [1.82, 2.24) is 26.1 Å². The van der Waals surface area contributed by atoms with Crippen LogP contribution in [0.1, 0.15) is 21.0 Å². The molecule has 0 aromatic carbocycles. The topological polar surface area (TPSA) is 225 Å².